The summed E-state index contributed by atoms with van der Waals surface area (Å²) in [7, 11) is 0. The van der Waals surface area contributed by atoms with E-state index < -0.39 is 0 Å². The van der Waals surface area contributed by atoms with Crippen LogP contribution in [0.15, 0.2) is 9.32 Å². The second kappa shape index (κ2) is 2.47. The van der Waals surface area contributed by atoms with Gasteiger partial charge in [-0.1, -0.05) is 19.0 Å². The van der Waals surface area contributed by atoms with Gasteiger partial charge in [-0.3, -0.25) is 0 Å². The number of hydrogen-bond donors (Lipinski definition) is 0. The van der Waals surface area contributed by atoms with E-state index in [1.807, 2.05) is 13.8 Å². The molecule has 0 bridgehead atoms. The molecule has 50 valence electrons. The van der Waals surface area contributed by atoms with Crippen LogP contribution in [-0.2, 0) is 0 Å². The van der Waals surface area contributed by atoms with E-state index in [4.69, 9.17) is 0 Å². The lowest BCUT2D eigenvalue weighted by molar-refractivity contribution is 0.388. The van der Waals surface area contributed by atoms with Crippen molar-refractivity contribution in [1.82, 2.24) is 10.1 Å². The van der Waals surface area contributed by atoms with E-state index >= 15 is 0 Å². The van der Waals surface area contributed by atoms with Crippen molar-refractivity contribution in [2.24, 2.45) is 0 Å². The zero-order valence-corrected chi connectivity index (χ0v) is 6.84. The van der Waals surface area contributed by atoms with Gasteiger partial charge in [0.2, 0.25) is 0 Å². The lowest BCUT2D eigenvalue weighted by Gasteiger charge is -1.90. The molecule has 0 N–H and O–H groups in total. The van der Waals surface area contributed by atoms with Crippen molar-refractivity contribution < 1.29 is 4.52 Å². The Hall–Kier alpha value is -0.380. The molecular weight excluding hydrogens is 184 g/mol. The SMILES string of the molecule is CC(C)c1noc(Br)n1. The third-order valence-electron chi connectivity index (χ3n) is 0.933. The summed E-state index contributed by atoms with van der Waals surface area (Å²) in [5, 5.41) is 3.68. The average molecular weight is 191 g/mol. The van der Waals surface area contributed by atoms with Crippen molar-refractivity contribution in [2.45, 2.75) is 19.8 Å². The molecule has 4 heteroatoms. The molecule has 0 aliphatic rings. The number of hydrogen-bond acceptors (Lipinski definition) is 3. The first-order chi connectivity index (χ1) is 4.20. The Morgan fingerprint density at radius 1 is 1.56 bits per heavy atom. The maximum atomic E-state index is 4.68. The summed E-state index contributed by atoms with van der Waals surface area (Å²) in [5.41, 5.74) is 0. The highest BCUT2D eigenvalue weighted by molar-refractivity contribution is 9.10. The predicted octanol–water partition coefficient (Wildman–Crippen LogP) is 1.96. The van der Waals surface area contributed by atoms with Gasteiger partial charge in [-0.05, 0) is 0 Å². The molecule has 1 aromatic heterocycles. The van der Waals surface area contributed by atoms with Gasteiger partial charge in [0.25, 0.3) is 4.80 Å². The molecule has 0 aliphatic carbocycles. The molecule has 1 aromatic rings. The van der Waals surface area contributed by atoms with Crippen molar-refractivity contribution in [1.29, 1.82) is 0 Å². The van der Waals surface area contributed by atoms with Crippen LogP contribution >= 0.6 is 15.9 Å². The molecule has 3 nitrogen and oxygen atoms in total. The highest BCUT2D eigenvalue weighted by Crippen LogP contribution is 2.12. The van der Waals surface area contributed by atoms with E-state index in [9.17, 15) is 0 Å². The maximum Gasteiger partial charge on any atom is 0.293 e. The van der Waals surface area contributed by atoms with Crippen LogP contribution in [0.5, 0.6) is 0 Å². The van der Waals surface area contributed by atoms with Gasteiger partial charge in [0.1, 0.15) is 0 Å². The molecule has 0 fully saturated rings. The molecule has 0 amide bonds. The summed E-state index contributed by atoms with van der Waals surface area (Å²) < 4.78 is 4.68. The Balaban J connectivity index is 2.85. The van der Waals surface area contributed by atoms with Crippen LogP contribution in [0.25, 0.3) is 0 Å². The summed E-state index contributed by atoms with van der Waals surface area (Å²) in [4.78, 5) is 4.40. The van der Waals surface area contributed by atoms with Gasteiger partial charge in [0.15, 0.2) is 5.82 Å². The van der Waals surface area contributed by atoms with E-state index in [1.54, 1.807) is 0 Å². The molecule has 0 unspecified atom stereocenters. The van der Waals surface area contributed by atoms with Gasteiger partial charge in [-0.15, -0.1) is 0 Å². The highest BCUT2D eigenvalue weighted by atomic mass is 79.9. The first kappa shape index (κ1) is 6.74. The van der Waals surface area contributed by atoms with Gasteiger partial charge >= 0.3 is 0 Å². The number of nitrogens with zero attached hydrogens (tertiary/aromatic N) is 2. The first-order valence-corrected chi connectivity index (χ1v) is 3.48. The fraction of sp³-hybridized carbons (Fsp3) is 0.600. The van der Waals surface area contributed by atoms with Crippen LogP contribution in [0.2, 0.25) is 0 Å². The minimum atomic E-state index is 0.333. The van der Waals surface area contributed by atoms with Crippen LogP contribution in [0.4, 0.5) is 0 Å². The fourth-order valence-corrected chi connectivity index (χ4v) is 0.704. The van der Waals surface area contributed by atoms with E-state index in [1.165, 1.54) is 0 Å². The smallest absolute Gasteiger partial charge is 0.293 e. The Bertz CT molecular complexity index is 197. The van der Waals surface area contributed by atoms with E-state index in [0.717, 1.165) is 5.82 Å². The molecule has 1 rings (SSSR count). The molecule has 1 heterocycles. The fourth-order valence-electron chi connectivity index (χ4n) is 0.450. The average Bonchev–Trinajstić information content (AvgIpc) is 2.14. The number of rotatable bonds is 1. The van der Waals surface area contributed by atoms with Crippen molar-refractivity contribution in [2.75, 3.05) is 0 Å². The molecule has 0 radical (unpaired) electrons. The van der Waals surface area contributed by atoms with Crippen LogP contribution < -0.4 is 0 Å². The molecule has 9 heavy (non-hydrogen) atoms. The largest absolute Gasteiger partial charge is 0.327 e. The number of aromatic nitrogens is 2. The Labute approximate surface area is 61.6 Å². The van der Waals surface area contributed by atoms with Gasteiger partial charge < -0.3 is 4.52 Å². The zero-order valence-electron chi connectivity index (χ0n) is 5.26. The summed E-state index contributed by atoms with van der Waals surface area (Å²) in [5.74, 6) is 1.07. The Morgan fingerprint density at radius 3 is 2.44 bits per heavy atom. The molecule has 0 atom stereocenters. The third kappa shape index (κ3) is 1.51. The van der Waals surface area contributed by atoms with Gasteiger partial charge in [-0.2, -0.15) is 4.98 Å². The van der Waals surface area contributed by atoms with E-state index in [2.05, 4.69) is 30.6 Å². The molecule has 0 aliphatic heterocycles. The summed E-state index contributed by atoms with van der Waals surface area (Å²) in [6, 6.07) is 0. The Kier molecular flexibility index (Phi) is 1.85. The monoisotopic (exact) mass is 190 g/mol. The minimum absolute atomic E-state index is 0.333. The summed E-state index contributed by atoms with van der Waals surface area (Å²) >= 11 is 3.06. The first-order valence-electron chi connectivity index (χ1n) is 2.69. The molecule has 0 spiro atoms. The van der Waals surface area contributed by atoms with Crippen molar-refractivity contribution in [3.63, 3.8) is 0 Å². The van der Waals surface area contributed by atoms with Crippen LogP contribution in [0, 0.1) is 0 Å². The topological polar surface area (TPSA) is 38.9 Å². The van der Waals surface area contributed by atoms with Crippen molar-refractivity contribution in [3.8, 4) is 0 Å². The van der Waals surface area contributed by atoms with Gasteiger partial charge in [0, 0.05) is 21.8 Å². The number of halogens is 1. The van der Waals surface area contributed by atoms with E-state index in [0.29, 0.717) is 10.7 Å². The van der Waals surface area contributed by atoms with Crippen LogP contribution in [-0.4, -0.2) is 10.1 Å². The second-order valence-electron chi connectivity index (χ2n) is 2.06. The van der Waals surface area contributed by atoms with Crippen LogP contribution in [0.1, 0.15) is 25.6 Å². The standard InChI is InChI=1S/C5H7BrN2O/c1-3(2)4-7-5(6)9-8-4/h3H,1-2H3. The molecule has 0 saturated heterocycles. The normalized spacial score (nSPS) is 10.7. The lowest BCUT2D eigenvalue weighted by atomic mass is 10.2. The Morgan fingerprint density at radius 2 is 2.22 bits per heavy atom. The summed E-state index contributed by atoms with van der Waals surface area (Å²) in [6.07, 6.45) is 0. The summed E-state index contributed by atoms with van der Waals surface area (Å²) in [6.45, 7) is 4.02. The van der Waals surface area contributed by atoms with Crippen molar-refractivity contribution >= 4 is 15.9 Å². The zero-order chi connectivity index (χ0) is 6.85. The van der Waals surface area contributed by atoms with Crippen LogP contribution in [0.3, 0.4) is 0 Å². The minimum Gasteiger partial charge on any atom is -0.327 e. The van der Waals surface area contributed by atoms with Gasteiger partial charge in [-0.25, -0.2) is 0 Å². The van der Waals surface area contributed by atoms with E-state index in [-0.39, 0.29) is 0 Å². The quantitative estimate of drug-likeness (QED) is 0.680. The highest BCUT2D eigenvalue weighted by Gasteiger charge is 2.05. The lowest BCUT2D eigenvalue weighted by Crippen LogP contribution is -1.88. The second-order valence-corrected chi connectivity index (χ2v) is 2.74. The van der Waals surface area contributed by atoms with Gasteiger partial charge in [0.05, 0.1) is 0 Å². The maximum absolute atomic E-state index is 4.68. The third-order valence-corrected chi connectivity index (χ3v) is 1.26. The van der Waals surface area contributed by atoms with Crippen molar-refractivity contribution in [3.05, 3.63) is 10.6 Å². The molecular formula is C5H7BrN2O. The predicted molar refractivity (Wildman–Crippen MR) is 36.1 cm³/mol. The molecule has 0 saturated carbocycles. The molecule has 0 aromatic carbocycles.